The van der Waals surface area contributed by atoms with Gasteiger partial charge in [-0.25, -0.2) is 8.78 Å². The van der Waals surface area contributed by atoms with E-state index in [2.05, 4.69) is 10.1 Å². The van der Waals surface area contributed by atoms with Crippen molar-refractivity contribution in [2.75, 3.05) is 13.2 Å². The largest absolute Gasteiger partial charge is 0.481 e. The number of hydrogen-bond donors (Lipinski definition) is 1. The van der Waals surface area contributed by atoms with Gasteiger partial charge in [-0.05, 0) is 12.8 Å². The van der Waals surface area contributed by atoms with Crippen molar-refractivity contribution in [3.05, 3.63) is 11.7 Å². The summed E-state index contributed by atoms with van der Waals surface area (Å²) in [5, 5.41) is 13.0. The smallest absolute Gasteiger partial charge is 0.307 e. The Morgan fingerprint density at radius 2 is 2.19 bits per heavy atom. The van der Waals surface area contributed by atoms with Gasteiger partial charge < -0.3 is 14.4 Å². The van der Waals surface area contributed by atoms with E-state index < -0.39 is 24.9 Å². The Kier molecular flexibility index (Phi) is 5.60. The predicted octanol–water partition coefficient (Wildman–Crippen LogP) is 2.25. The van der Waals surface area contributed by atoms with Crippen molar-refractivity contribution < 1.29 is 27.9 Å². The first-order valence-electron chi connectivity index (χ1n) is 6.99. The van der Waals surface area contributed by atoms with Gasteiger partial charge in [-0.15, -0.1) is 0 Å². The highest BCUT2D eigenvalue weighted by molar-refractivity contribution is 5.71. The Morgan fingerprint density at radius 1 is 1.43 bits per heavy atom. The van der Waals surface area contributed by atoms with Crippen molar-refractivity contribution in [3.63, 3.8) is 0 Å². The van der Waals surface area contributed by atoms with Crippen LogP contribution in [-0.4, -0.2) is 40.9 Å². The maximum absolute atomic E-state index is 11.9. The summed E-state index contributed by atoms with van der Waals surface area (Å²) in [6.07, 6.45) is 0.903. The van der Waals surface area contributed by atoms with Crippen molar-refractivity contribution in [1.29, 1.82) is 0 Å². The normalized spacial score (nSPS) is 22.6. The minimum Gasteiger partial charge on any atom is -0.481 e. The lowest BCUT2D eigenvalue weighted by Gasteiger charge is -2.25. The molecular weight excluding hydrogens is 286 g/mol. The number of ether oxygens (including phenoxy) is 1. The van der Waals surface area contributed by atoms with Gasteiger partial charge in [-0.2, -0.15) is 4.98 Å². The molecule has 0 amide bonds. The summed E-state index contributed by atoms with van der Waals surface area (Å²) in [6.45, 7) is -0.537. The van der Waals surface area contributed by atoms with Gasteiger partial charge >= 0.3 is 5.97 Å². The number of carbonyl (C=O) groups is 1. The summed E-state index contributed by atoms with van der Waals surface area (Å²) in [5.74, 6) is -0.929. The van der Waals surface area contributed by atoms with Crippen LogP contribution in [0.5, 0.6) is 0 Å². The van der Waals surface area contributed by atoms with Crippen LogP contribution >= 0.6 is 0 Å². The third-order valence-electron chi connectivity index (χ3n) is 3.60. The van der Waals surface area contributed by atoms with E-state index in [4.69, 9.17) is 9.26 Å². The molecule has 2 rings (SSSR count). The van der Waals surface area contributed by atoms with Crippen LogP contribution in [0.3, 0.4) is 0 Å². The summed E-state index contributed by atoms with van der Waals surface area (Å²) in [7, 11) is 0. The minimum atomic E-state index is -2.50. The van der Waals surface area contributed by atoms with Crippen LogP contribution in [-0.2, 0) is 16.0 Å². The van der Waals surface area contributed by atoms with E-state index in [1.165, 1.54) is 0 Å². The van der Waals surface area contributed by atoms with Crippen molar-refractivity contribution >= 4 is 5.97 Å². The van der Waals surface area contributed by atoms with Gasteiger partial charge in [0.1, 0.15) is 6.61 Å². The number of nitrogens with zero attached hydrogens (tertiary/aromatic N) is 2. The molecule has 1 aliphatic carbocycles. The Bertz CT molecular complexity index is 467. The second-order valence-electron chi connectivity index (χ2n) is 5.10. The highest BCUT2D eigenvalue weighted by Crippen LogP contribution is 2.37. The molecular formula is C13H18F2N2O4. The average molecular weight is 304 g/mol. The van der Waals surface area contributed by atoms with E-state index in [1.807, 2.05) is 0 Å². The molecule has 1 N–H and O–H groups in total. The summed E-state index contributed by atoms with van der Waals surface area (Å²) in [4.78, 5) is 15.4. The minimum absolute atomic E-state index is 0.0797. The average Bonchev–Trinajstić information content (AvgIpc) is 2.92. The number of carboxylic acid groups (broad SMARTS) is 1. The zero-order valence-corrected chi connectivity index (χ0v) is 11.5. The Hall–Kier alpha value is -1.57. The fraction of sp³-hybridized carbons (Fsp3) is 0.769. The molecule has 1 saturated carbocycles. The number of aromatic nitrogens is 2. The van der Waals surface area contributed by atoms with E-state index >= 15 is 0 Å². The maximum Gasteiger partial charge on any atom is 0.307 e. The summed E-state index contributed by atoms with van der Waals surface area (Å²) < 4.78 is 33.7. The molecule has 21 heavy (non-hydrogen) atoms. The van der Waals surface area contributed by atoms with Crippen LogP contribution in [0, 0.1) is 5.92 Å². The van der Waals surface area contributed by atoms with Gasteiger partial charge in [0.15, 0.2) is 5.82 Å². The molecule has 1 aliphatic rings. The molecule has 8 heteroatoms. The first-order valence-corrected chi connectivity index (χ1v) is 6.99. The first kappa shape index (κ1) is 15.8. The number of alkyl halides is 2. The van der Waals surface area contributed by atoms with Gasteiger partial charge in [0.25, 0.3) is 6.43 Å². The lowest BCUT2D eigenvalue weighted by Crippen LogP contribution is -2.25. The van der Waals surface area contributed by atoms with Gasteiger partial charge in [-0.3, -0.25) is 4.79 Å². The molecule has 0 bridgehead atoms. The molecule has 2 unspecified atom stereocenters. The van der Waals surface area contributed by atoms with Gasteiger partial charge in [0.05, 0.1) is 18.4 Å². The zero-order chi connectivity index (χ0) is 15.2. The van der Waals surface area contributed by atoms with Crippen LogP contribution < -0.4 is 0 Å². The Labute approximate surface area is 120 Å². The van der Waals surface area contributed by atoms with Crippen LogP contribution in [0.25, 0.3) is 0 Å². The number of aliphatic carboxylic acids is 1. The molecule has 118 valence electrons. The van der Waals surface area contributed by atoms with Crippen LogP contribution in [0.2, 0.25) is 0 Å². The molecule has 2 atom stereocenters. The first-order chi connectivity index (χ1) is 10.1. The molecule has 6 nitrogen and oxygen atoms in total. The number of halogens is 2. The predicted molar refractivity (Wildman–Crippen MR) is 67.2 cm³/mol. The van der Waals surface area contributed by atoms with Gasteiger partial charge in [0, 0.05) is 6.42 Å². The van der Waals surface area contributed by atoms with Gasteiger partial charge in [0.2, 0.25) is 5.89 Å². The zero-order valence-electron chi connectivity index (χ0n) is 11.5. The monoisotopic (exact) mass is 304 g/mol. The summed E-state index contributed by atoms with van der Waals surface area (Å²) in [5.41, 5.74) is 0. The van der Waals surface area contributed by atoms with Crippen molar-refractivity contribution in [1.82, 2.24) is 10.1 Å². The third-order valence-corrected chi connectivity index (χ3v) is 3.60. The van der Waals surface area contributed by atoms with Crippen LogP contribution in [0.1, 0.15) is 43.3 Å². The summed E-state index contributed by atoms with van der Waals surface area (Å²) >= 11 is 0. The highest BCUT2D eigenvalue weighted by Gasteiger charge is 2.35. The molecule has 0 aromatic carbocycles. The molecule has 0 aliphatic heterocycles. The molecule has 1 fully saturated rings. The van der Waals surface area contributed by atoms with Crippen molar-refractivity contribution in [2.45, 2.75) is 44.4 Å². The fourth-order valence-electron chi connectivity index (χ4n) is 2.58. The third kappa shape index (κ3) is 4.45. The highest BCUT2D eigenvalue weighted by atomic mass is 19.3. The van der Waals surface area contributed by atoms with Gasteiger partial charge in [-0.1, -0.05) is 18.0 Å². The Balaban J connectivity index is 1.90. The fourth-order valence-corrected chi connectivity index (χ4v) is 2.58. The van der Waals surface area contributed by atoms with E-state index in [0.717, 1.165) is 12.8 Å². The van der Waals surface area contributed by atoms with Crippen molar-refractivity contribution in [3.8, 4) is 0 Å². The summed E-state index contributed by atoms with van der Waals surface area (Å²) in [6, 6.07) is 0. The topological polar surface area (TPSA) is 85.5 Å². The van der Waals surface area contributed by atoms with E-state index in [1.54, 1.807) is 0 Å². The number of carboxylic acids is 1. The molecule has 0 radical (unpaired) electrons. The molecule has 1 aromatic heterocycles. The number of hydrogen-bond acceptors (Lipinski definition) is 5. The van der Waals surface area contributed by atoms with E-state index in [0.29, 0.717) is 24.6 Å². The Morgan fingerprint density at radius 3 is 2.90 bits per heavy atom. The lowest BCUT2D eigenvalue weighted by atomic mass is 9.79. The SMILES string of the molecule is O=C(O)C1CCCCC1c1nc(CCOCC(F)F)no1. The standard InChI is InChI=1S/C13H18F2N2O4/c14-10(15)7-20-6-5-11-16-12(21-17-11)8-3-1-2-4-9(8)13(18)19/h8-10H,1-7H2,(H,18,19). The second kappa shape index (κ2) is 7.44. The maximum atomic E-state index is 11.9. The van der Waals surface area contributed by atoms with Crippen LogP contribution in [0.15, 0.2) is 4.52 Å². The van der Waals surface area contributed by atoms with Crippen molar-refractivity contribution in [2.24, 2.45) is 5.92 Å². The molecule has 1 aromatic rings. The second-order valence-corrected chi connectivity index (χ2v) is 5.10. The van der Waals surface area contributed by atoms with E-state index in [-0.39, 0.29) is 18.9 Å². The lowest BCUT2D eigenvalue weighted by molar-refractivity contribution is -0.143. The molecule has 1 heterocycles. The van der Waals surface area contributed by atoms with E-state index in [9.17, 15) is 18.7 Å². The molecule has 0 spiro atoms. The molecule has 0 saturated heterocycles. The van der Waals surface area contributed by atoms with Crippen LogP contribution in [0.4, 0.5) is 8.78 Å². The quantitative estimate of drug-likeness (QED) is 0.778. The number of rotatable bonds is 7.